The average molecular weight is 405 g/mol. The minimum absolute atomic E-state index is 0.0418. The predicted molar refractivity (Wildman–Crippen MR) is 99.1 cm³/mol. The van der Waals surface area contributed by atoms with Crippen LogP contribution in [0.4, 0.5) is 5.69 Å². The highest BCUT2D eigenvalue weighted by atomic mass is 32.2. The Bertz CT molecular complexity index is 966. The van der Waals surface area contributed by atoms with Crippen LogP contribution in [0.15, 0.2) is 53.4 Å². The first-order valence-electron chi connectivity index (χ1n) is 8.55. The molecule has 1 heterocycles. The molecule has 8 nitrogen and oxygen atoms in total. The van der Waals surface area contributed by atoms with Crippen molar-refractivity contribution in [3.05, 3.63) is 59.7 Å². The highest BCUT2D eigenvalue weighted by Gasteiger charge is 2.30. The summed E-state index contributed by atoms with van der Waals surface area (Å²) in [5, 5.41) is 9.50. The van der Waals surface area contributed by atoms with Crippen molar-refractivity contribution in [1.29, 1.82) is 0 Å². The molecule has 0 aromatic heterocycles. The van der Waals surface area contributed by atoms with E-state index >= 15 is 0 Å². The predicted octanol–water partition coefficient (Wildman–Crippen LogP) is 2.01. The highest BCUT2D eigenvalue weighted by Crippen LogP contribution is 2.20. The molecule has 0 bridgehead atoms. The lowest BCUT2D eigenvalue weighted by atomic mass is 10.1. The van der Waals surface area contributed by atoms with Crippen LogP contribution in [0.1, 0.15) is 35.4 Å². The SMILES string of the molecule is C[C@H](O)c1ccc(S(=O)(=O)Nc2ccc(C(=O)O[C@H]3CCOC3=O)cc2)cc1. The number of sulfonamides is 1. The molecule has 2 aromatic rings. The van der Waals surface area contributed by atoms with Crippen LogP contribution in [0.3, 0.4) is 0 Å². The minimum atomic E-state index is -3.82. The Balaban J connectivity index is 1.67. The van der Waals surface area contributed by atoms with E-state index in [4.69, 9.17) is 9.47 Å². The van der Waals surface area contributed by atoms with Crippen LogP contribution >= 0.6 is 0 Å². The minimum Gasteiger partial charge on any atom is -0.463 e. The van der Waals surface area contributed by atoms with E-state index in [1.807, 2.05) is 0 Å². The van der Waals surface area contributed by atoms with E-state index in [1.165, 1.54) is 48.5 Å². The fraction of sp³-hybridized carbons (Fsp3) is 0.263. The van der Waals surface area contributed by atoms with Gasteiger partial charge in [0.15, 0.2) is 0 Å². The van der Waals surface area contributed by atoms with E-state index < -0.39 is 34.2 Å². The number of hydrogen-bond acceptors (Lipinski definition) is 7. The van der Waals surface area contributed by atoms with Crippen LogP contribution in [-0.4, -0.2) is 38.2 Å². The first kappa shape index (κ1) is 19.8. The quantitative estimate of drug-likeness (QED) is 0.706. The zero-order valence-electron chi connectivity index (χ0n) is 15.0. The molecule has 1 aliphatic heterocycles. The summed E-state index contributed by atoms with van der Waals surface area (Å²) in [5.41, 5.74) is 1.05. The van der Waals surface area contributed by atoms with E-state index in [0.717, 1.165) is 0 Å². The highest BCUT2D eigenvalue weighted by molar-refractivity contribution is 7.92. The lowest BCUT2D eigenvalue weighted by molar-refractivity contribution is -0.145. The van der Waals surface area contributed by atoms with Crippen molar-refractivity contribution >= 4 is 27.6 Å². The van der Waals surface area contributed by atoms with Gasteiger partial charge in [-0.3, -0.25) is 4.72 Å². The van der Waals surface area contributed by atoms with Gasteiger partial charge in [0, 0.05) is 12.1 Å². The molecule has 148 valence electrons. The number of anilines is 1. The molecule has 0 saturated carbocycles. The second-order valence-electron chi connectivity index (χ2n) is 6.28. The first-order valence-corrected chi connectivity index (χ1v) is 10.0. The van der Waals surface area contributed by atoms with Gasteiger partial charge in [0.1, 0.15) is 0 Å². The van der Waals surface area contributed by atoms with E-state index in [2.05, 4.69) is 4.72 Å². The lowest BCUT2D eigenvalue weighted by Crippen LogP contribution is -2.22. The van der Waals surface area contributed by atoms with Gasteiger partial charge in [-0.25, -0.2) is 18.0 Å². The Hall–Kier alpha value is -2.91. The smallest absolute Gasteiger partial charge is 0.347 e. The Morgan fingerprint density at radius 3 is 2.36 bits per heavy atom. The number of ether oxygens (including phenoxy) is 2. The number of nitrogens with one attached hydrogen (secondary N) is 1. The van der Waals surface area contributed by atoms with Gasteiger partial charge < -0.3 is 14.6 Å². The van der Waals surface area contributed by atoms with Crippen LogP contribution in [0.2, 0.25) is 0 Å². The fourth-order valence-corrected chi connectivity index (χ4v) is 3.65. The molecule has 2 aromatic carbocycles. The Labute approximate surface area is 162 Å². The summed E-state index contributed by atoms with van der Waals surface area (Å²) in [7, 11) is -3.82. The maximum atomic E-state index is 12.5. The maximum absolute atomic E-state index is 12.5. The Morgan fingerprint density at radius 1 is 1.18 bits per heavy atom. The van der Waals surface area contributed by atoms with Gasteiger partial charge >= 0.3 is 11.9 Å². The second kappa shape index (κ2) is 7.99. The number of rotatable bonds is 6. The molecule has 1 aliphatic rings. The summed E-state index contributed by atoms with van der Waals surface area (Å²) in [4.78, 5) is 23.5. The lowest BCUT2D eigenvalue weighted by Gasteiger charge is -2.11. The summed E-state index contributed by atoms with van der Waals surface area (Å²) >= 11 is 0. The third-order valence-electron chi connectivity index (χ3n) is 4.18. The van der Waals surface area contributed by atoms with Gasteiger partial charge in [-0.15, -0.1) is 0 Å². The van der Waals surface area contributed by atoms with Crippen molar-refractivity contribution in [2.45, 2.75) is 30.4 Å². The third-order valence-corrected chi connectivity index (χ3v) is 5.58. The summed E-state index contributed by atoms with van der Waals surface area (Å²) in [6, 6.07) is 11.5. The first-order chi connectivity index (χ1) is 13.3. The topological polar surface area (TPSA) is 119 Å². The number of cyclic esters (lactones) is 1. The maximum Gasteiger partial charge on any atom is 0.347 e. The van der Waals surface area contributed by atoms with Gasteiger partial charge in [0.2, 0.25) is 6.10 Å². The van der Waals surface area contributed by atoms with Crippen molar-refractivity contribution in [3.8, 4) is 0 Å². The third kappa shape index (κ3) is 4.49. The monoisotopic (exact) mass is 405 g/mol. The molecule has 0 radical (unpaired) electrons. The van der Waals surface area contributed by atoms with Crippen LogP contribution in [-0.2, 0) is 24.3 Å². The van der Waals surface area contributed by atoms with Crippen LogP contribution in [0, 0.1) is 0 Å². The molecule has 1 fully saturated rings. The molecule has 0 unspecified atom stereocenters. The summed E-state index contributed by atoms with van der Waals surface area (Å²) < 4.78 is 37.1. The van der Waals surface area contributed by atoms with E-state index in [-0.39, 0.29) is 22.8 Å². The number of esters is 2. The molecular weight excluding hydrogens is 386 g/mol. The van der Waals surface area contributed by atoms with Gasteiger partial charge in [0.25, 0.3) is 10.0 Å². The van der Waals surface area contributed by atoms with Gasteiger partial charge in [-0.05, 0) is 48.9 Å². The van der Waals surface area contributed by atoms with Crippen LogP contribution < -0.4 is 4.72 Å². The molecule has 1 saturated heterocycles. The van der Waals surface area contributed by atoms with Gasteiger partial charge in [-0.2, -0.15) is 0 Å². The number of benzene rings is 2. The van der Waals surface area contributed by atoms with Crippen molar-refractivity contribution in [3.63, 3.8) is 0 Å². The number of carbonyl (C=O) groups is 2. The van der Waals surface area contributed by atoms with Gasteiger partial charge in [0.05, 0.1) is 23.2 Å². The van der Waals surface area contributed by atoms with Gasteiger partial charge in [-0.1, -0.05) is 12.1 Å². The molecule has 28 heavy (non-hydrogen) atoms. The van der Waals surface area contributed by atoms with Crippen molar-refractivity contribution < 1.29 is 32.6 Å². The number of carbonyl (C=O) groups excluding carboxylic acids is 2. The van der Waals surface area contributed by atoms with E-state index in [0.29, 0.717) is 12.0 Å². The van der Waals surface area contributed by atoms with Crippen molar-refractivity contribution in [2.75, 3.05) is 11.3 Å². The Kier molecular flexibility index (Phi) is 5.66. The molecule has 0 aliphatic carbocycles. The van der Waals surface area contributed by atoms with Crippen molar-refractivity contribution in [2.24, 2.45) is 0 Å². The second-order valence-corrected chi connectivity index (χ2v) is 7.96. The number of hydrogen-bond donors (Lipinski definition) is 2. The number of aliphatic hydroxyl groups excluding tert-OH is 1. The molecule has 9 heteroatoms. The molecule has 3 rings (SSSR count). The van der Waals surface area contributed by atoms with E-state index in [1.54, 1.807) is 6.92 Å². The zero-order chi connectivity index (χ0) is 20.3. The average Bonchev–Trinajstić information content (AvgIpc) is 3.06. The van der Waals surface area contributed by atoms with E-state index in [9.17, 15) is 23.1 Å². The molecule has 0 amide bonds. The normalized spacial score (nSPS) is 17.6. The fourth-order valence-electron chi connectivity index (χ4n) is 2.60. The zero-order valence-corrected chi connectivity index (χ0v) is 15.8. The molecule has 2 atom stereocenters. The largest absolute Gasteiger partial charge is 0.463 e. The molecule has 0 spiro atoms. The van der Waals surface area contributed by atoms with Crippen LogP contribution in [0.25, 0.3) is 0 Å². The summed E-state index contributed by atoms with van der Waals surface area (Å²) in [6.45, 7) is 1.81. The van der Waals surface area contributed by atoms with Crippen LogP contribution in [0.5, 0.6) is 0 Å². The Morgan fingerprint density at radius 2 is 1.82 bits per heavy atom. The van der Waals surface area contributed by atoms with Crippen molar-refractivity contribution in [1.82, 2.24) is 0 Å². The summed E-state index contributed by atoms with van der Waals surface area (Å²) in [5.74, 6) is -1.26. The molecule has 2 N–H and O–H groups in total. The molecular formula is C19H19NO7S. The number of aliphatic hydroxyl groups is 1. The standard InChI is InChI=1S/C19H19NO7S/c1-12(21)13-4-8-16(9-5-13)28(24,25)20-15-6-2-14(3-7-15)18(22)27-17-10-11-26-19(17)23/h2-9,12,17,20-21H,10-11H2,1H3/t12-,17-/m0/s1. The summed E-state index contributed by atoms with van der Waals surface area (Å²) in [6.07, 6.45) is -1.28.